The summed E-state index contributed by atoms with van der Waals surface area (Å²) in [6, 6.07) is 4.94. The topological polar surface area (TPSA) is 64.2 Å². The van der Waals surface area contributed by atoms with Crippen LogP contribution in [-0.2, 0) is 13.1 Å². The standard InChI is InChI=1S/C13H13ClN4O/c14-9-1-2-10(11(15)7-9)13(19)18-6-5-17-4-3-16-12(17)8-18/h1-4,7H,5-6,8,15H2. The molecule has 0 saturated carbocycles. The minimum Gasteiger partial charge on any atom is -0.398 e. The fraction of sp³-hybridized carbons (Fsp3) is 0.231. The second-order valence-corrected chi connectivity index (χ2v) is 4.93. The van der Waals surface area contributed by atoms with Crippen LogP contribution < -0.4 is 5.73 Å². The van der Waals surface area contributed by atoms with Gasteiger partial charge >= 0.3 is 0 Å². The van der Waals surface area contributed by atoms with E-state index in [1.807, 2.05) is 6.20 Å². The Kier molecular flexibility index (Phi) is 2.91. The lowest BCUT2D eigenvalue weighted by atomic mass is 10.1. The van der Waals surface area contributed by atoms with Crippen molar-refractivity contribution in [2.24, 2.45) is 0 Å². The number of hydrogen-bond donors (Lipinski definition) is 1. The van der Waals surface area contributed by atoms with Crippen LogP contribution in [0.4, 0.5) is 5.69 Å². The lowest BCUT2D eigenvalue weighted by molar-refractivity contribution is 0.0708. The Morgan fingerprint density at radius 3 is 3.00 bits per heavy atom. The van der Waals surface area contributed by atoms with Gasteiger partial charge in [0, 0.05) is 36.2 Å². The molecule has 0 atom stereocenters. The number of imidazole rings is 1. The van der Waals surface area contributed by atoms with Crippen molar-refractivity contribution in [3.63, 3.8) is 0 Å². The zero-order valence-electron chi connectivity index (χ0n) is 10.2. The maximum Gasteiger partial charge on any atom is 0.256 e. The quantitative estimate of drug-likeness (QED) is 0.808. The van der Waals surface area contributed by atoms with Crippen LogP contribution >= 0.6 is 11.6 Å². The highest BCUT2D eigenvalue weighted by Gasteiger charge is 2.23. The molecule has 2 N–H and O–H groups in total. The SMILES string of the molecule is Nc1cc(Cl)ccc1C(=O)N1CCn2ccnc2C1. The molecule has 1 aliphatic heterocycles. The van der Waals surface area contributed by atoms with Gasteiger partial charge in [-0.2, -0.15) is 0 Å². The summed E-state index contributed by atoms with van der Waals surface area (Å²) in [7, 11) is 0. The molecule has 0 spiro atoms. The zero-order valence-corrected chi connectivity index (χ0v) is 11.0. The van der Waals surface area contributed by atoms with E-state index in [2.05, 4.69) is 9.55 Å². The molecule has 0 aliphatic carbocycles. The second-order valence-electron chi connectivity index (χ2n) is 4.50. The molecule has 5 nitrogen and oxygen atoms in total. The molecule has 0 fully saturated rings. The summed E-state index contributed by atoms with van der Waals surface area (Å²) in [5.74, 6) is 0.815. The van der Waals surface area contributed by atoms with Gasteiger partial charge in [-0.25, -0.2) is 4.98 Å². The highest BCUT2D eigenvalue weighted by molar-refractivity contribution is 6.31. The number of rotatable bonds is 1. The van der Waals surface area contributed by atoms with Crippen molar-refractivity contribution in [3.8, 4) is 0 Å². The molecule has 19 heavy (non-hydrogen) atoms. The normalized spacial score (nSPS) is 14.3. The Bertz CT molecular complexity index is 637. The summed E-state index contributed by atoms with van der Waals surface area (Å²) >= 11 is 5.84. The number of nitrogens with two attached hydrogens (primary N) is 1. The van der Waals surface area contributed by atoms with E-state index in [0.29, 0.717) is 29.4 Å². The maximum absolute atomic E-state index is 12.4. The van der Waals surface area contributed by atoms with Crippen molar-refractivity contribution in [2.75, 3.05) is 12.3 Å². The van der Waals surface area contributed by atoms with Crippen LogP contribution in [0.1, 0.15) is 16.2 Å². The van der Waals surface area contributed by atoms with Gasteiger partial charge in [0.25, 0.3) is 5.91 Å². The van der Waals surface area contributed by atoms with Crippen LogP contribution in [-0.4, -0.2) is 26.9 Å². The molecule has 0 bridgehead atoms. The highest BCUT2D eigenvalue weighted by Crippen LogP contribution is 2.21. The number of halogens is 1. The number of nitrogen functional groups attached to an aromatic ring is 1. The van der Waals surface area contributed by atoms with Crippen molar-refractivity contribution in [1.82, 2.24) is 14.5 Å². The van der Waals surface area contributed by atoms with Crippen LogP contribution in [0.15, 0.2) is 30.6 Å². The first-order valence-electron chi connectivity index (χ1n) is 5.99. The molecule has 1 aromatic heterocycles. The molecule has 2 heterocycles. The summed E-state index contributed by atoms with van der Waals surface area (Å²) in [4.78, 5) is 18.4. The summed E-state index contributed by atoms with van der Waals surface area (Å²) in [6.07, 6.45) is 3.67. The summed E-state index contributed by atoms with van der Waals surface area (Å²) < 4.78 is 2.05. The van der Waals surface area contributed by atoms with Gasteiger partial charge < -0.3 is 15.2 Å². The van der Waals surface area contributed by atoms with Crippen LogP contribution in [0.2, 0.25) is 5.02 Å². The van der Waals surface area contributed by atoms with Crippen molar-refractivity contribution >= 4 is 23.2 Å². The number of fused-ring (bicyclic) bond motifs is 1. The Balaban J connectivity index is 1.85. The summed E-state index contributed by atoms with van der Waals surface area (Å²) in [5, 5.41) is 0.531. The van der Waals surface area contributed by atoms with Gasteiger partial charge in [0.05, 0.1) is 12.1 Å². The lowest BCUT2D eigenvalue weighted by Gasteiger charge is -2.28. The first-order valence-corrected chi connectivity index (χ1v) is 6.37. The molecule has 98 valence electrons. The highest BCUT2D eigenvalue weighted by atomic mass is 35.5. The Hall–Kier alpha value is -2.01. The van der Waals surface area contributed by atoms with Crippen molar-refractivity contribution in [2.45, 2.75) is 13.1 Å². The van der Waals surface area contributed by atoms with Crippen molar-refractivity contribution in [1.29, 1.82) is 0 Å². The average molecular weight is 277 g/mol. The summed E-state index contributed by atoms with van der Waals surface area (Å²) in [6.45, 7) is 1.92. The number of carbonyl (C=O) groups is 1. The number of carbonyl (C=O) groups excluding carboxylic acids is 1. The van der Waals surface area contributed by atoms with E-state index < -0.39 is 0 Å². The predicted octanol–water partition coefficient (Wildman–Crippen LogP) is 1.77. The van der Waals surface area contributed by atoms with E-state index in [9.17, 15) is 4.79 Å². The lowest BCUT2D eigenvalue weighted by Crippen LogP contribution is -2.38. The molecule has 0 saturated heterocycles. The molecule has 1 aliphatic rings. The number of hydrogen-bond acceptors (Lipinski definition) is 3. The van der Waals surface area contributed by atoms with E-state index >= 15 is 0 Å². The van der Waals surface area contributed by atoms with Crippen LogP contribution in [0.5, 0.6) is 0 Å². The van der Waals surface area contributed by atoms with E-state index in [0.717, 1.165) is 12.4 Å². The van der Waals surface area contributed by atoms with Gasteiger partial charge in [-0.3, -0.25) is 4.79 Å². The molecule has 2 aromatic rings. The first kappa shape index (κ1) is 12.0. The van der Waals surface area contributed by atoms with Crippen LogP contribution in [0, 0.1) is 0 Å². The molecule has 0 radical (unpaired) electrons. The number of amides is 1. The zero-order chi connectivity index (χ0) is 13.4. The molecule has 6 heteroatoms. The number of anilines is 1. The molecule has 1 amide bonds. The average Bonchev–Trinajstić information content (AvgIpc) is 2.85. The van der Waals surface area contributed by atoms with Gasteiger partial charge in [0.1, 0.15) is 5.82 Å². The van der Waals surface area contributed by atoms with E-state index in [1.165, 1.54) is 0 Å². The Labute approximate surface area is 115 Å². The third kappa shape index (κ3) is 2.17. The third-order valence-electron chi connectivity index (χ3n) is 3.28. The minimum atomic E-state index is -0.0802. The van der Waals surface area contributed by atoms with E-state index in [1.54, 1.807) is 29.3 Å². The first-order chi connectivity index (χ1) is 9.15. The van der Waals surface area contributed by atoms with Gasteiger partial charge in [-0.15, -0.1) is 0 Å². The third-order valence-corrected chi connectivity index (χ3v) is 3.51. The van der Waals surface area contributed by atoms with Gasteiger partial charge in [-0.05, 0) is 18.2 Å². The predicted molar refractivity (Wildman–Crippen MR) is 72.8 cm³/mol. The van der Waals surface area contributed by atoms with Crippen molar-refractivity contribution in [3.05, 3.63) is 47.0 Å². The number of benzene rings is 1. The van der Waals surface area contributed by atoms with E-state index in [-0.39, 0.29) is 5.91 Å². The summed E-state index contributed by atoms with van der Waals surface area (Å²) in [5.41, 5.74) is 6.75. The smallest absolute Gasteiger partial charge is 0.256 e. The van der Waals surface area contributed by atoms with Crippen LogP contribution in [0.25, 0.3) is 0 Å². The number of nitrogens with zero attached hydrogens (tertiary/aromatic N) is 3. The number of aromatic nitrogens is 2. The molecular weight excluding hydrogens is 264 g/mol. The maximum atomic E-state index is 12.4. The van der Waals surface area contributed by atoms with E-state index in [4.69, 9.17) is 17.3 Å². The molecule has 1 aromatic carbocycles. The minimum absolute atomic E-state index is 0.0802. The second kappa shape index (κ2) is 4.59. The van der Waals surface area contributed by atoms with Crippen molar-refractivity contribution < 1.29 is 4.79 Å². The monoisotopic (exact) mass is 276 g/mol. The van der Waals surface area contributed by atoms with Crippen LogP contribution in [0.3, 0.4) is 0 Å². The van der Waals surface area contributed by atoms with Gasteiger partial charge in [0.15, 0.2) is 0 Å². The van der Waals surface area contributed by atoms with Gasteiger partial charge in [-0.1, -0.05) is 11.6 Å². The Morgan fingerprint density at radius 1 is 1.37 bits per heavy atom. The molecule has 0 unspecified atom stereocenters. The molecular formula is C13H13ClN4O. The van der Waals surface area contributed by atoms with Gasteiger partial charge in [0.2, 0.25) is 0 Å². The largest absolute Gasteiger partial charge is 0.398 e. The Morgan fingerprint density at radius 2 is 2.21 bits per heavy atom. The fourth-order valence-electron chi connectivity index (χ4n) is 2.25. The fourth-order valence-corrected chi connectivity index (χ4v) is 2.43. The molecule has 3 rings (SSSR count).